The van der Waals surface area contributed by atoms with E-state index in [0.29, 0.717) is 6.54 Å². The van der Waals surface area contributed by atoms with Gasteiger partial charge < -0.3 is 9.84 Å². The van der Waals surface area contributed by atoms with Crippen molar-refractivity contribution in [3.8, 4) is 23.7 Å². The van der Waals surface area contributed by atoms with Crippen molar-refractivity contribution in [3.63, 3.8) is 0 Å². The molecule has 1 unspecified atom stereocenters. The number of hydrogen-bond acceptors (Lipinski definition) is 4. The van der Waals surface area contributed by atoms with E-state index < -0.39 is 0 Å². The molecule has 112 valence electrons. The van der Waals surface area contributed by atoms with Crippen LogP contribution >= 0.6 is 0 Å². The number of aliphatic hydroxyl groups excluding tert-OH is 1. The summed E-state index contributed by atoms with van der Waals surface area (Å²) in [7, 11) is 1.63. The van der Waals surface area contributed by atoms with Crippen molar-refractivity contribution in [1.29, 1.82) is 5.26 Å². The summed E-state index contributed by atoms with van der Waals surface area (Å²) >= 11 is 0. The van der Waals surface area contributed by atoms with E-state index in [1.807, 2.05) is 25.1 Å². The summed E-state index contributed by atoms with van der Waals surface area (Å²) in [6, 6.07) is 7.98. The Hall–Kier alpha value is -2.01. The van der Waals surface area contributed by atoms with Crippen molar-refractivity contribution >= 4 is 0 Å². The molecule has 0 radical (unpaired) electrons. The highest BCUT2D eigenvalue weighted by Crippen LogP contribution is 2.19. The van der Waals surface area contributed by atoms with Crippen LogP contribution in [0.25, 0.3) is 0 Å². The first kappa shape index (κ1) is 17.0. The molecular formula is C17H22N2O2. The molecule has 1 rings (SSSR count). The standard InChI is InChI=1S/C17H22N2O2/c1-4-19(12-14(2)11-18)13-16-10-17(21-3)8-7-15(16)6-5-9-20/h7-8,10,14,20H,4,9,12-13H2,1-3H3. The van der Waals surface area contributed by atoms with Gasteiger partial charge >= 0.3 is 0 Å². The van der Waals surface area contributed by atoms with E-state index in [4.69, 9.17) is 15.1 Å². The Labute approximate surface area is 127 Å². The molecule has 0 spiro atoms. The second-order valence-corrected chi connectivity index (χ2v) is 4.84. The molecule has 4 heteroatoms. The van der Waals surface area contributed by atoms with Crippen molar-refractivity contribution in [2.24, 2.45) is 5.92 Å². The Morgan fingerprint density at radius 3 is 2.76 bits per heavy atom. The number of hydrogen-bond donors (Lipinski definition) is 1. The molecule has 0 saturated heterocycles. The largest absolute Gasteiger partial charge is 0.497 e. The fourth-order valence-corrected chi connectivity index (χ4v) is 2.06. The summed E-state index contributed by atoms with van der Waals surface area (Å²) in [6.07, 6.45) is 0. The monoisotopic (exact) mass is 286 g/mol. The minimum atomic E-state index is -0.158. The van der Waals surface area contributed by atoms with E-state index >= 15 is 0 Å². The first-order valence-electron chi connectivity index (χ1n) is 7.03. The average Bonchev–Trinajstić information content (AvgIpc) is 2.52. The Morgan fingerprint density at radius 1 is 1.43 bits per heavy atom. The van der Waals surface area contributed by atoms with Crippen molar-refractivity contribution in [2.75, 3.05) is 26.8 Å². The van der Waals surface area contributed by atoms with Crippen LogP contribution in [0.4, 0.5) is 0 Å². The molecule has 0 fully saturated rings. The molecular weight excluding hydrogens is 264 g/mol. The number of nitrogens with zero attached hydrogens (tertiary/aromatic N) is 2. The molecule has 4 nitrogen and oxygen atoms in total. The minimum Gasteiger partial charge on any atom is -0.497 e. The molecule has 0 aromatic heterocycles. The minimum absolute atomic E-state index is 0.0115. The molecule has 1 atom stereocenters. The third-order valence-corrected chi connectivity index (χ3v) is 3.21. The molecule has 1 aromatic carbocycles. The lowest BCUT2D eigenvalue weighted by Crippen LogP contribution is -2.27. The second-order valence-electron chi connectivity index (χ2n) is 4.84. The summed E-state index contributed by atoms with van der Waals surface area (Å²) in [5, 5.41) is 17.8. The maximum absolute atomic E-state index is 8.95. The van der Waals surface area contributed by atoms with E-state index in [1.165, 1.54) is 0 Å². The van der Waals surface area contributed by atoms with Crippen molar-refractivity contribution in [3.05, 3.63) is 29.3 Å². The quantitative estimate of drug-likeness (QED) is 0.813. The Kier molecular flexibility index (Phi) is 7.32. The zero-order chi connectivity index (χ0) is 15.7. The van der Waals surface area contributed by atoms with Crippen LogP contribution in [0.3, 0.4) is 0 Å². The van der Waals surface area contributed by atoms with Crippen molar-refractivity contribution < 1.29 is 9.84 Å². The van der Waals surface area contributed by atoms with Gasteiger partial charge in [-0.25, -0.2) is 0 Å². The summed E-state index contributed by atoms with van der Waals surface area (Å²) < 4.78 is 5.26. The van der Waals surface area contributed by atoms with Crippen LogP contribution in [0.15, 0.2) is 18.2 Å². The van der Waals surface area contributed by atoms with Gasteiger partial charge in [-0.05, 0) is 37.2 Å². The number of nitriles is 1. The van der Waals surface area contributed by atoms with Gasteiger partial charge in [0.2, 0.25) is 0 Å². The lowest BCUT2D eigenvalue weighted by molar-refractivity contribution is 0.260. The highest BCUT2D eigenvalue weighted by molar-refractivity contribution is 5.45. The molecule has 0 bridgehead atoms. The summed E-state index contributed by atoms with van der Waals surface area (Å²) in [4.78, 5) is 2.20. The molecule has 0 aliphatic carbocycles. The number of benzene rings is 1. The molecule has 0 aliphatic heterocycles. The molecule has 21 heavy (non-hydrogen) atoms. The lowest BCUT2D eigenvalue weighted by atomic mass is 10.1. The number of rotatable bonds is 6. The Morgan fingerprint density at radius 2 is 2.19 bits per heavy atom. The van der Waals surface area contributed by atoms with Crippen LogP contribution in [0.1, 0.15) is 25.0 Å². The molecule has 1 aromatic rings. The van der Waals surface area contributed by atoms with E-state index in [1.54, 1.807) is 7.11 Å². The van der Waals surface area contributed by atoms with Crippen LogP contribution < -0.4 is 4.74 Å². The summed E-state index contributed by atoms with van der Waals surface area (Å²) in [6.45, 7) is 6.11. The fraction of sp³-hybridized carbons (Fsp3) is 0.471. The number of ether oxygens (including phenoxy) is 1. The van der Waals surface area contributed by atoms with Crippen LogP contribution in [-0.2, 0) is 6.54 Å². The van der Waals surface area contributed by atoms with Crippen LogP contribution in [0.2, 0.25) is 0 Å². The first-order chi connectivity index (χ1) is 10.1. The molecule has 0 aliphatic rings. The zero-order valence-corrected chi connectivity index (χ0v) is 12.9. The van der Waals surface area contributed by atoms with Gasteiger partial charge in [0.05, 0.1) is 19.1 Å². The van der Waals surface area contributed by atoms with Gasteiger partial charge in [-0.15, -0.1) is 0 Å². The van der Waals surface area contributed by atoms with Crippen LogP contribution in [-0.4, -0.2) is 36.8 Å². The molecule has 0 heterocycles. The van der Waals surface area contributed by atoms with Crippen LogP contribution in [0.5, 0.6) is 5.75 Å². The van der Waals surface area contributed by atoms with E-state index in [0.717, 1.165) is 30.0 Å². The van der Waals surface area contributed by atoms with Gasteiger partial charge in [-0.1, -0.05) is 18.8 Å². The number of methoxy groups -OCH3 is 1. The van der Waals surface area contributed by atoms with E-state index in [-0.39, 0.29) is 12.5 Å². The van der Waals surface area contributed by atoms with Gasteiger partial charge in [0.15, 0.2) is 0 Å². The van der Waals surface area contributed by atoms with Gasteiger partial charge in [0, 0.05) is 18.7 Å². The second kappa shape index (κ2) is 9.02. The van der Waals surface area contributed by atoms with Crippen LogP contribution in [0, 0.1) is 29.1 Å². The summed E-state index contributed by atoms with van der Waals surface area (Å²) in [5.41, 5.74) is 1.93. The fourth-order valence-electron chi connectivity index (χ4n) is 2.06. The normalized spacial score (nSPS) is 11.4. The van der Waals surface area contributed by atoms with Gasteiger partial charge in [-0.2, -0.15) is 5.26 Å². The molecule has 1 N–H and O–H groups in total. The third-order valence-electron chi connectivity index (χ3n) is 3.21. The maximum atomic E-state index is 8.95. The summed E-state index contributed by atoms with van der Waals surface area (Å²) in [5.74, 6) is 6.41. The smallest absolute Gasteiger partial charge is 0.119 e. The van der Waals surface area contributed by atoms with Gasteiger partial charge in [0.1, 0.15) is 12.4 Å². The lowest BCUT2D eigenvalue weighted by Gasteiger charge is -2.22. The first-order valence-corrected chi connectivity index (χ1v) is 7.03. The van der Waals surface area contributed by atoms with E-state index in [2.05, 4.69) is 29.7 Å². The highest BCUT2D eigenvalue weighted by Gasteiger charge is 2.11. The zero-order valence-electron chi connectivity index (χ0n) is 12.9. The predicted molar refractivity (Wildman–Crippen MR) is 82.7 cm³/mol. The molecule has 0 saturated carbocycles. The highest BCUT2D eigenvalue weighted by atomic mass is 16.5. The maximum Gasteiger partial charge on any atom is 0.119 e. The van der Waals surface area contributed by atoms with Crippen molar-refractivity contribution in [1.82, 2.24) is 4.90 Å². The third kappa shape index (κ3) is 5.47. The SMILES string of the molecule is CCN(Cc1cc(OC)ccc1C#CCO)CC(C)C#N. The molecule has 0 amide bonds. The number of aliphatic hydroxyl groups is 1. The van der Waals surface area contributed by atoms with Crippen molar-refractivity contribution in [2.45, 2.75) is 20.4 Å². The average molecular weight is 286 g/mol. The Bertz CT molecular complexity index is 552. The van der Waals surface area contributed by atoms with Gasteiger partial charge in [-0.3, -0.25) is 4.90 Å². The van der Waals surface area contributed by atoms with E-state index in [9.17, 15) is 0 Å². The topological polar surface area (TPSA) is 56.5 Å². The Balaban J connectivity index is 2.99. The van der Waals surface area contributed by atoms with Gasteiger partial charge in [0.25, 0.3) is 0 Å². The predicted octanol–water partition coefficient (Wildman–Crippen LogP) is 2.02.